The van der Waals surface area contributed by atoms with E-state index in [0.717, 1.165) is 22.4 Å². The predicted octanol–water partition coefficient (Wildman–Crippen LogP) is 6.24. The average Bonchev–Trinajstić information content (AvgIpc) is 3.49. The molecule has 46 heavy (non-hydrogen) atoms. The van der Waals surface area contributed by atoms with Gasteiger partial charge < -0.3 is 33.6 Å². The van der Waals surface area contributed by atoms with Crippen LogP contribution in [0.3, 0.4) is 0 Å². The van der Waals surface area contributed by atoms with Crippen LogP contribution in [0.15, 0.2) is 65.1 Å². The first kappa shape index (κ1) is 32.5. The fourth-order valence-corrected chi connectivity index (χ4v) is 5.15. The van der Waals surface area contributed by atoms with E-state index >= 15 is 0 Å². The minimum atomic E-state index is -0.795. The minimum Gasteiger partial charge on any atom is -0.497 e. The van der Waals surface area contributed by atoms with Crippen LogP contribution in [0.4, 0.5) is 10.5 Å². The van der Waals surface area contributed by atoms with Gasteiger partial charge in [-0.3, -0.25) is 4.79 Å². The number of nitrogens with zero attached hydrogens (tertiary/aromatic N) is 3. The number of rotatable bonds is 11. The highest BCUT2D eigenvalue weighted by Gasteiger charge is 2.30. The molecule has 1 aromatic heterocycles. The van der Waals surface area contributed by atoms with Crippen LogP contribution in [0.5, 0.6) is 5.75 Å². The molecule has 1 aliphatic heterocycles. The third-order valence-electron chi connectivity index (χ3n) is 7.61. The topological polar surface area (TPSA) is 136 Å². The fourth-order valence-electron chi connectivity index (χ4n) is 5.15. The lowest BCUT2D eigenvalue weighted by Gasteiger charge is -2.34. The lowest BCUT2D eigenvalue weighted by molar-refractivity contribution is -0.123. The highest BCUT2D eigenvalue weighted by molar-refractivity contribution is 5.92. The van der Waals surface area contributed by atoms with Crippen LogP contribution in [-0.4, -0.2) is 67.0 Å². The van der Waals surface area contributed by atoms with E-state index in [4.69, 9.17) is 23.4 Å². The number of methoxy groups -OCH3 is 1. The van der Waals surface area contributed by atoms with Crippen molar-refractivity contribution in [2.75, 3.05) is 38.7 Å². The Morgan fingerprint density at radius 3 is 2.48 bits per heavy atom. The number of aromatic nitrogens is 1. The number of nitrogens with one attached hydrogen (secondary N) is 1. The Kier molecular flexibility index (Phi) is 10.2. The molecule has 0 saturated carbocycles. The molecule has 1 aliphatic rings. The van der Waals surface area contributed by atoms with Gasteiger partial charge in [-0.05, 0) is 93.3 Å². The second kappa shape index (κ2) is 14.5. The molecule has 2 heterocycles. The maximum atomic E-state index is 12.8. The number of benzene rings is 3. The zero-order chi connectivity index (χ0) is 32.7. The van der Waals surface area contributed by atoms with Crippen molar-refractivity contribution in [3.8, 4) is 23.3 Å². The largest absolute Gasteiger partial charge is 0.497 e. The molecule has 11 nitrogen and oxygen atoms in total. The Labute approximate surface area is 268 Å². The Balaban J connectivity index is 1.01. The average molecular weight is 627 g/mol. The first-order valence-electron chi connectivity index (χ1n) is 15.1. The molecule has 0 unspecified atom stereocenters. The number of fused-ring (bicyclic) bond motifs is 1. The Bertz CT molecular complexity index is 1700. The van der Waals surface area contributed by atoms with E-state index in [-0.39, 0.29) is 25.2 Å². The maximum Gasteiger partial charge on any atom is 0.410 e. The van der Waals surface area contributed by atoms with Gasteiger partial charge in [-0.25, -0.2) is 9.78 Å². The third-order valence-corrected chi connectivity index (χ3v) is 7.61. The SMILES string of the molecule is COc1ccc(COCC(C)(C)OC(=O)N2CCC(OCC(=O)Nc3ccc(-c4nc5cc(C#N)cc(C)c5o4)cc3)CC2)cc1. The van der Waals surface area contributed by atoms with E-state index in [1.54, 1.807) is 36.3 Å². The molecule has 11 heteroatoms. The molecular weight excluding hydrogens is 588 g/mol. The number of aryl methyl sites for hydroxylation is 1. The first-order valence-corrected chi connectivity index (χ1v) is 15.1. The summed E-state index contributed by atoms with van der Waals surface area (Å²) in [6, 6.07) is 20.4. The molecule has 0 spiro atoms. The van der Waals surface area contributed by atoms with Gasteiger partial charge in [0, 0.05) is 24.3 Å². The van der Waals surface area contributed by atoms with Crippen LogP contribution >= 0.6 is 0 Å². The van der Waals surface area contributed by atoms with Gasteiger partial charge in [-0.15, -0.1) is 0 Å². The Morgan fingerprint density at radius 1 is 1.09 bits per heavy atom. The predicted molar refractivity (Wildman–Crippen MR) is 171 cm³/mol. The number of amides is 2. The highest BCUT2D eigenvalue weighted by Crippen LogP contribution is 2.28. The van der Waals surface area contributed by atoms with Crippen LogP contribution in [0.2, 0.25) is 0 Å². The summed E-state index contributed by atoms with van der Waals surface area (Å²) >= 11 is 0. The van der Waals surface area contributed by atoms with Crippen LogP contribution in [0, 0.1) is 18.3 Å². The molecule has 1 fully saturated rings. The number of ether oxygens (including phenoxy) is 4. The molecule has 3 aromatic carbocycles. The third kappa shape index (κ3) is 8.41. The monoisotopic (exact) mass is 626 g/mol. The maximum absolute atomic E-state index is 12.8. The molecule has 2 amide bonds. The number of carbonyl (C=O) groups excluding carboxylic acids is 2. The minimum absolute atomic E-state index is 0.0962. The summed E-state index contributed by atoms with van der Waals surface area (Å²) in [5.74, 6) is 0.947. The van der Waals surface area contributed by atoms with Crippen LogP contribution in [-0.2, 0) is 25.6 Å². The van der Waals surface area contributed by atoms with Crippen molar-refractivity contribution in [3.05, 3.63) is 77.4 Å². The summed E-state index contributed by atoms with van der Waals surface area (Å²) in [5.41, 5.74) is 4.20. The van der Waals surface area contributed by atoms with Crippen molar-refractivity contribution in [2.24, 2.45) is 0 Å². The molecule has 1 saturated heterocycles. The number of oxazole rings is 1. The lowest BCUT2D eigenvalue weighted by atomic mass is 10.1. The number of carbonyl (C=O) groups is 2. The smallest absolute Gasteiger partial charge is 0.410 e. The van der Waals surface area contributed by atoms with E-state index in [9.17, 15) is 14.9 Å². The van der Waals surface area contributed by atoms with E-state index in [1.807, 2.05) is 57.2 Å². The summed E-state index contributed by atoms with van der Waals surface area (Å²) in [6.45, 7) is 7.03. The number of likely N-dealkylation sites (tertiary alicyclic amines) is 1. The van der Waals surface area contributed by atoms with E-state index in [2.05, 4.69) is 16.4 Å². The molecule has 0 bridgehead atoms. The van der Waals surface area contributed by atoms with E-state index in [0.29, 0.717) is 60.8 Å². The number of nitriles is 1. The van der Waals surface area contributed by atoms with Crippen LogP contribution in [0.25, 0.3) is 22.6 Å². The fraction of sp³-hybridized carbons (Fsp3) is 0.371. The Morgan fingerprint density at radius 2 is 1.80 bits per heavy atom. The zero-order valence-corrected chi connectivity index (χ0v) is 26.5. The van der Waals surface area contributed by atoms with Crippen molar-refractivity contribution in [3.63, 3.8) is 0 Å². The van der Waals surface area contributed by atoms with Crippen LogP contribution < -0.4 is 10.1 Å². The summed E-state index contributed by atoms with van der Waals surface area (Å²) < 4.78 is 28.5. The van der Waals surface area contributed by atoms with E-state index in [1.165, 1.54) is 0 Å². The van der Waals surface area contributed by atoms with Gasteiger partial charge in [0.15, 0.2) is 5.58 Å². The van der Waals surface area contributed by atoms with Crippen molar-refractivity contribution in [1.29, 1.82) is 5.26 Å². The quantitative estimate of drug-likeness (QED) is 0.205. The molecule has 1 N–H and O–H groups in total. The molecule has 0 aliphatic carbocycles. The number of piperidine rings is 1. The molecule has 0 radical (unpaired) electrons. The van der Waals surface area contributed by atoms with E-state index < -0.39 is 11.7 Å². The summed E-state index contributed by atoms with van der Waals surface area (Å²) in [7, 11) is 1.62. The number of hydrogen-bond acceptors (Lipinski definition) is 9. The summed E-state index contributed by atoms with van der Waals surface area (Å²) in [5, 5.41) is 12.0. The van der Waals surface area contributed by atoms with Gasteiger partial charge in [-0.2, -0.15) is 5.26 Å². The molecular formula is C35H38N4O7. The second-order valence-electron chi connectivity index (χ2n) is 11.9. The van der Waals surface area contributed by atoms with Crippen molar-refractivity contribution >= 4 is 28.8 Å². The summed E-state index contributed by atoms with van der Waals surface area (Å²) in [4.78, 5) is 31.5. The molecule has 5 rings (SSSR count). The molecule has 4 aromatic rings. The number of anilines is 1. The highest BCUT2D eigenvalue weighted by atomic mass is 16.6. The van der Waals surface area contributed by atoms with Gasteiger partial charge in [0.05, 0.1) is 38.1 Å². The van der Waals surface area contributed by atoms with Gasteiger partial charge in [-0.1, -0.05) is 12.1 Å². The van der Waals surface area contributed by atoms with Gasteiger partial charge >= 0.3 is 6.09 Å². The van der Waals surface area contributed by atoms with Crippen molar-refractivity contribution in [1.82, 2.24) is 9.88 Å². The lowest BCUT2D eigenvalue weighted by Crippen LogP contribution is -2.45. The normalized spacial score (nSPS) is 13.8. The first-order chi connectivity index (χ1) is 22.1. The number of hydrogen-bond donors (Lipinski definition) is 1. The van der Waals surface area contributed by atoms with Gasteiger partial charge in [0.25, 0.3) is 0 Å². The zero-order valence-electron chi connectivity index (χ0n) is 26.5. The van der Waals surface area contributed by atoms with Crippen molar-refractivity contribution in [2.45, 2.75) is 51.9 Å². The van der Waals surface area contributed by atoms with Crippen molar-refractivity contribution < 1.29 is 33.0 Å². The van der Waals surface area contributed by atoms with Crippen LogP contribution in [0.1, 0.15) is 43.4 Å². The molecule has 240 valence electrons. The Hall–Kier alpha value is -4.92. The second-order valence-corrected chi connectivity index (χ2v) is 11.9. The molecule has 0 atom stereocenters. The summed E-state index contributed by atoms with van der Waals surface area (Å²) in [6.07, 6.45) is 0.677. The standard InChI is InChI=1S/C35H38N4O7/c1-23-17-25(19-36)18-30-32(23)45-33(38-30)26-7-9-27(10-8-26)37-31(40)21-44-29-13-15-39(16-14-29)34(41)46-35(2,3)22-43-20-24-5-11-28(42-4)12-6-24/h5-12,17-18,29H,13-16,20-22H2,1-4H3,(H,37,40). The van der Waals surface area contributed by atoms with Gasteiger partial charge in [0.2, 0.25) is 11.8 Å². The van der Waals surface area contributed by atoms with Gasteiger partial charge in [0.1, 0.15) is 23.5 Å².